The normalized spacial score (nSPS) is 14.3. The summed E-state index contributed by atoms with van der Waals surface area (Å²) in [7, 11) is 1.52. The highest BCUT2D eigenvalue weighted by Crippen LogP contribution is 2.40. The van der Waals surface area contributed by atoms with Crippen molar-refractivity contribution in [3.8, 4) is 5.75 Å². The quantitative estimate of drug-likeness (QED) is 0.911. The third kappa shape index (κ3) is 1.95. The van der Waals surface area contributed by atoms with E-state index in [0.717, 1.165) is 41.3 Å². The topological polar surface area (TPSA) is 46.5 Å². The van der Waals surface area contributed by atoms with Gasteiger partial charge in [0, 0.05) is 0 Å². The van der Waals surface area contributed by atoms with Crippen LogP contribution in [-0.4, -0.2) is 18.2 Å². The maximum atomic E-state index is 11.4. The van der Waals surface area contributed by atoms with Crippen LogP contribution < -0.4 is 4.74 Å². The average molecular weight is 299 g/mol. The monoisotopic (exact) mass is 298 g/mol. The molecule has 1 aromatic rings. The molecule has 0 unspecified atom stereocenters. The highest BCUT2D eigenvalue weighted by Gasteiger charge is 2.26. The van der Waals surface area contributed by atoms with Crippen LogP contribution in [0.3, 0.4) is 0 Å². The number of methoxy groups -OCH3 is 1. The lowest BCUT2D eigenvalue weighted by Gasteiger charge is -2.23. The second-order valence-corrected chi connectivity index (χ2v) is 5.11. The van der Waals surface area contributed by atoms with Gasteiger partial charge in [0.1, 0.15) is 11.3 Å². The molecule has 0 amide bonds. The van der Waals surface area contributed by atoms with Crippen molar-refractivity contribution in [2.24, 2.45) is 0 Å². The van der Waals surface area contributed by atoms with Gasteiger partial charge in [-0.25, -0.2) is 4.79 Å². The van der Waals surface area contributed by atoms with E-state index in [-0.39, 0.29) is 0 Å². The summed E-state index contributed by atoms with van der Waals surface area (Å²) in [4.78, 5) is 11.4. The zero-order valence-electron chi connectivity index (χ0n) is 9.97. The number of rotatable bonds is 2. The second-order valence-electron chi connectivity index (χ2n) is 4.32. The molecule has 17 heavy (non-hydrogen) atoms. The lowest BCUT2D eigenvalue weighted by atomic mass is 9.85. The van der Waals surface area contributed by atoms with Gasteiger partial charge in [-0.3, -0.25) is 0 Å². The molecule has 4 heteroatoms. The van der Waals surface area contributed by atoms with Crippen LogP contribution in [0.4, 0.5) is 0 Å². The highest BCUT2D eigenvalue weighted by molar-refractivity contribution is 9.10. The third-order valence-electron chi connectivity index (χ3n) is 3.40. The van der Waals surface area contributed by atoms with E-state index >= 15 is 0 Å². The maximum absolute atomic E-state index is 11.4. The van der Waals surface area contributed by atoms with Crippen molar-refractivity contribution in [2.45, 2.75) is 32.6 Å². The Morgan fingerprint density at radius 2 is 1.88 bits per heavy atom. The minimum Gasteiger partial charge on any atom is -0.495 e. The van der Waals surface area contributed by atoms with E-state index in [1.54, 1.807) is 0 Å². The van der Waals surface area contributed by atoms with E-state index in [1.165, 1.54) is 12.7 Å². The van der Waals surface area contributed by atoms with Crippen LogP contribution in [0.15, 0.2) is 4.47 Å². The van der Waals surface area contributed by atoms with E-state index in [9.17, 15) is 9.90 Å². The SMILES string of the molecule is COc1c(Br)c(C)c2c(c1C(=O)O)CCCC2. The van der Waals surface area contributed by atoms with Gasteiger partial charge in [0.25, 0.3) is 0 Å². The van der Waals surface area contributed by atoms with Crippen molar-refractivity contribution in [3.05, 3.63) is 26.7 Å². The van der Waals surface area contributed by atoms with Crippen molar-refractivity contribution in [2.75, 3.05) is 7.11 Å². The summed E-state index contributed by atoms with van der Waals surface area (Å²) in [6, 6.07) is 0. The van der Waals surface area contributed by atoms with Crippen molar-refractivity contribution in [1.82, 2.24) is 0 Å². The molecule has 0 spiro atoms. The van der Waals surface area contributed by atoms with Gasteiger partial charge >= 0.3 is 5.97 Å². The van der Waals surface area contributed by atoms with Crippen LogP contribution in [0.25, 0.3) is 0 Å². The number of halogens is 1. The Balaban J connectivity index is 2.78. The standard InChI is InChI=1S/C13H15BrO3/c1-7-8-5-3-4-6-9(8)10(13(15)16)12(17-2)11(7)14/h3-6H2,1-2H3,(H,15,16). The van der Waals surface area contributed by atoms with Gasteiger partial charge in [0.15, 0.2) is 0 Å². The van der Waals surface area contributed by atoms with Crippen LogP contribution >= 0.6 is 15.9 Å². The maximum Gasteiger partial charge on any atom is 0.339 e. The van der Waals surface area contributed by atoms with Gasteiger partial charge in [-0.1, -0.05) is 0 Å². The lowest BCUT2D eigenvalue weighted by Crippen LogP contribution is -2.14. The molecular weight excluding hydrogens is 284 g/mol. The Morgan fingerprint density at radius 1 is 1.29 bits per heavy atom. The van der Waals surface area contributed by atoms with Gasteiger partial charge < -0.3 is 9.84 Å². The summed E-state index contributed by atoms with van der Waals surface area (Å²) in [6.07, 6.45) is 3.98. The zero-order chi connectivity index (χ0) is 12.6. The first-order valence-electron chi connectivity index (χ1n) is 5.69. The number of carboxylic acids is 1. The first-order valence-corrected chi connectivity index (χ1v) is 6.48. The van der Waals surface area contributed by atoms with E-state index < -0.39 is 5.97 Å². The second kappa shape index (κ2) is 4.69. The minimum absolute atomic E-state index is 0.333. The summed E-state index contributed by atoms with van der Waals surface area (Å²) in [6.45, 7) is 2.02. The summed E-state index contributed by atoms with van der Waals surface area (Å²) in [5, 5.41) is 9.37. The van der Waals surface area contributed by atoms with Crippen LogP contribution in [-0.2, 0) is 12.8 Å². The molecule has 1 aliphatic rings. The Labute approximate surface area is 109 Å². The molecule has 92 valence electrons. The smallest absolute Gasteiger partial charge is 0.339 e. The molecule has 3 nitrogen and oxygen atoms in total. The Hall–Kier alpha value is -1.03. The molecule has 0 heterocycles. The van der Waals surface area contributed by atoms with Crippen molar-refractivity contribution in [3.63, 3.8) is 0 Å². The number of hydrogen-bond donors (Lipinski definition) is 1. The van der Waals surface area contributed by atoms with Gasteiger partial charge in [0.05, 0.1) is 11.6 Å². The number of ether oxygens (including phenoxy) is 1. The molecule has 1 aromatic carbocycles. The van der Waals surface area contributed by atoms with Crippen LogP contribution in [0.5, 0.6) is 5.75 Å². The Bertz CT molecular complexity index is 480. The third-order valence-corrected chi connectivity index (χ3v) is 4.35. The summed E-state index contributed by atoms with van der Waals surface area (Å²) >= 11 is 3.45. The number of benzene rings is 1. The predicted octanol–water partition coefficient (Wildman–Crippen LogP) is 3.34. The molecule has 1 N–H and O–H groups in total. The lowest BCUT2D eigenvalue weighted by molar-refractivity contribution is 0.0691. The van der Waals surface area contributed by atoms with E-state index in [2.05, 4.69) is 15.9 Å². The summed E-state index contributed by atoms with van der Waals surface area (Å²) in [5.41, 5.74) is 3.59. The Morgan fingerprint density at radius 3 is 2.41 bits per heavy atom. The molecule has 0 fully saturated rings. The molecule has 0 atom stereocenters. The first-order chi connectivity index (χ1) is 8.07. The fraction of sp³-hybridized carbons (Fsp3) is 0.462. The number of carboxylic acid groups (broad SMARTS) is 1. The van der Waals surface area contributed by atoms with Crippen LogP contribution in [0.2, 0.25) is 0 Å². The van der Waals surface area contributed by atoms with Gasteiger partial charge in [-0.05, 0) is 65.2 Å². The zero-order valence-corrected chi connectivity index (χ0v) is 11.6. The first kappa shape index (κ1) is 12.4. The van der Waals surface area contributed by atoms with Crippen molar-refractivity contribution >= 4 is 21.9 Å². The van der Waals surface area contributed by atoms with Crippen LogP contribution in [0.1, 0.15) is 39.9 Å². The molecule has 0 aliphatic heterocycles. The van der Waals surface area contributed by atoms with Gasteiger partial charge in [-0.2, -0.15) is 0 Å². The molecule has 0 saturated heterocycles. The van der Waals surface area contributed by atoms with E-state index in [1.807, 2.05) is 6.92 Å². The van der Waals surface area contributed by atoms with E-state index in [0.29, 0.717) is 11.3 Å². The minimum atomic E-state index is -0.902. The van der Waals surface area contributed by atoms with E-state index in [4.69, 9.17) is 4.74 Å². The highest BCUT2D eigenvalue weighted by atomic mass is 79.9. The fourth-order valence-electron chi connectivity index (χ4n) is 2.56. The fourth-order valence-corrected chi connectivity index (χ4v) is 3.16. The molecule has 0 bridgehead atoms. The number of aromatic carboxylic acids is 1. The Kier molecular flexibility index (Phi) is 3.43. The van der Waals surface area contributed by atoms with Crippen molar-refractivity contribution < 1.29 is 14.6 Å². The molecule has 0 saturated carbocycles. The molecule has 1 aliphatic carbocycles. The van der Waals surface area contributed by atoms with Gasteiger partial charge in [0.2, 0.25) is 0 Å². The molecule has 0 aromatic heterocycles. The predicted molar refractivity (Wildman–Crippen MR) is 69.0 cm³/mol. The largest absolute Gasteiger partial charge is 0.495 e. The molecule has 2 rings (SSSR count). The van der Waals surface area contributed by atoms with Gasteiger partial charge in [-0.15, -0.1) is 0 Å². The number of hydrogen-bond acceptors (Lipinski definition) is 2. The number of carbonyl (C=O) groups is 1. The summed E-state index contributed by atoms with van der Waals surface area (Å²) in [5.74, 6) is -0.448. The molecular formula is C13H15BrO3. The molecule has 0 radical (unpaired) electrons. The summed E-state index contributed by atoms with van der Waals surface area (Å²) < 4.78 is 6.03. The van der Waals surface area contributed by atoms with Crippen molar-refractivity contribution in [1.29, 1.82) is 0 Å². The van der Waals surface area contributed by atoms with Crippen LogP contribution in [0, 0.1) is 6.92 Å². The number of fused-ring (bicyclic) bond motifs is 1. The average Bonchev–Trinajstić information content (AvgIpc) is 2.33.